The molecule has 0 radical (unpaired) electrons. The minimum Gasteiger partial charge on any atom is -0.484 e. The Labute approximate surface area is 218 Å². The van der Waals surface area contributed by atoms with E-state index in [1.165, 1.54) is 12.5 Å². The minimum absolute atomic E-state index is 0.0509. The number of likely N-dealkylation sites (tertiary alicyclic amines) is 1. The van der Waals surface area contributed by atoms with Crippen molar-refractivity contribution >= 4 is 12.0 Å². The lowest BCUT2D eigenvalue weighted by Gasteiger charge is -2.68. The van der Waals surface area contributed by atoms with Crippen LogP contribution < -0.4 is 10.1 Å². The number of amides is 2. The molecule has 2 bridgehead atoms. The number of carbonyl (C=O) groups is 2. The number of aryl methyl sites for hydroxylation is 1. The molecule has 1 aromatic carbocycles. The molecule has 1 aromatic heterocycles. The maximum atomic E-state index is 13.4. The topological polar surface area (TPSA) is 107 Å². The molecule has 2 heterocycles. The SMILES string of the molecule is CC.CC(C)(C)OC(=O)N1CCCC1.Cc1ccc(OCC(=O)NC23CC(c4nnco4)(C2)C3)cc1F. The van der Waals surface area contributed by atoms with E-state index in [4.69, 9.17) is 13.9 Å². The maximum absolute atomic E-state index is 13.4. The summed E-state index contributed by atoms with van der Waals surface area (Å²) in [7, 11) is 0. The Hall–Kier alpha value is -3.17. The van der Waals surface area contributed by atoms with E-state index in [2.05, 4.69) is 15.5 Å². The van der Waals surface area contributed by atoms with Gasteiger partial charge in [0.2, 0.25) is 12.3 Å². The summed E-state index contributed by atoms with van der Waals surface area (Å²) in [5, 5.41) is 10.7. The molecule has 37 heavy (non-hydrogen) atoms. The van der Waals surface area contributed by atoms with Crippen molar-refractivity contribution < 1.29 is 27.9 Å². The molecule has 0 atom stereocenters. The van der Waals surface area contributed by atoms with E-state index in [9.17, 15) is 14.0 Å². The number of hydrogen-bond donors (Lipinski definition) is 1. The first-order chi connectivity index (χ1) is 17.5. The third-order valence-electron chi connectivity index (χ3n) is 6.52. The average Bonchev–Trinajstić information content (AvgIpc) is 3.51. The molecule has 0 unspecified atom stereocenters. The summed E-state index contributed by atoms with van der Waals surface area (Å²) in [6.07, 6.45) is 5.82. The van der Waals surface area contributed by atoms with E-state index in [-0.39, 0.29) is 41.0 Å². The van der Waals surface area contributed by atoms with E-state index in [0.717, 1.165) is 45.2 Å². The highest BCUT2D eigenvalue weighted by Gasteiger charge is 2.71. The first-order valence-corrected chi connectivity index (χ1v) is 12.9. The molecular formula is C27H39FN4O5. The van der Waals surface area contributed by atoms with Gasteiger partial charge in [-0.3, -0.25) is 4.79 Å². The number of aromatic nitrogens is 2. The summed E-state index contributed by atoms with van der Waals surface area (Å²) in [4.78, 5) is 25.1. The van der Waals surface area contributed by atoms with Gasteiger partial charge in [-0.2, -0.15) is 0 Å². The van der Waals surface area contributed by atoms with E-state index in [0.29, 0.717) is 17.2 Å². The van der Waals surface area contributed by atoms with Crippen LogP contribution in [-0.4, -0.2) is 57.9 Å². The van der Waals surface area contributed by atoms with E-state index in [1.807, 2.05) is 34.6 Å². The van der Waals surface area contributed by atoms with Crippen molar-refractivity contribution in [2.75, 3.05) is 19.7 Å². The summed E-state index contributed by atoms with van der Waals surface area (Å²) < 4.78 is 29.2. The molecule has 1 aliphatic heterocycles. The molecule has 3 aliphatic carbocycles. The smallest absolute Gasteiger partial charge is 0.410 e. The molecule has 1 saturated heterocycles. The first-order valence-electron chi connectivity index (χ1n) is 12.9. The molecular weight excluding hydrogens is 479 g/mol. The Morgan fingerprint density at radius 1 is 1.16 bits per heavy atom. The van der Waals surface area contributed by atoms with Gasteiger partial charge >= 0.3 is 6.09 Å². The van der Waals surface area contributed by atoms with Gasteiger partial charge in [0.15, 0.2) is 6.61 Å². The summed E-state index contributed by atoms with van der Waals surface area (Å²) in [5.74, 6) is 0.455. The fraction of sp³-hybridized carbons (Fsp3) is 0.630. The van der Waals surface area contributed by atoms with Crippen LogP contribution >= 0.6 is 0 Å². The van der Waals surface area contributed by atoms with Gasteiger partial charge in [0.25, 0.3) is 5.91 Å². The zero-order valence-corrected chi connectivity index (χ0v) is 22.7. The lowest BCUT2D eigenvalue weighted by molar-refractivity contribution is -0.143. The molecule has 0 spiro atoms. The highest BCUT2D eigenvalue weighted by molar-refractivity contribution is 5.79. The Morgan fingerprint density at radius 2 is 1.81 bits per heavy atom. The number of carbonyl (C=O) groups excluding carboxylic acids is 2. The normalized spacial score (nSPS) is 23.3. The zero-order valence-electron chi connectivity index (χ0n) is 22.7. The molecule has 10 heteroatoms. The van der Waals surface area contributed by atoms with Crippen LogP contribution in [0.4, 0.5) is 9.18 Å². The van der Waals surface area contributed by atoms with Crippen LogP contribution in [0.1, 0.15) is 78.2 Å². The van der Waals surface area contributed by atoms with Crippen LogP contribution in [0.2, 0.25) is 0 Å². The van der Waals surface area contributed by atoms with Crippen molar-refractivity contribution in [1.29, 1.82) is 0 Å². The van der Waals surface area contributed by atoms with E-state index >= 15 is 0 Å². The Bertz CT molecular complexity index is 1040. The predicted molar refractivity (Wildman–Crippen MR) is 136 cm³/mol. The van der Waals surface area contributed by atoms with E-state index in [1.54, 1.807) is 24.0 Å². The number of ether oxygens (including phenoxy) is 2. The highest BCUT2D eigenvalue weighted by Crippen LogP contribution is 2.67. The molecule has 204 valence electrons. The number of rotatable bonds is 5. The van der Waals surface area contributed by atoms with Crippen molar-refractivity contribution in [2.45, 2.75) is 90.2 Å². The van der Waals surface area contributed by atoms with Gasteiger partial charge in [0, 0.05) is 24.7 Å². The minimum atomic E-state index is -0.361. The summed E-state index contributed by atoms with van der Waals surface area (Å²) in [6, 6.07) is 4.56. The van der Waals surface area contributed by atoms with Gasteiger partial charge in [-0.05, 0) is 71.4 Å². The van der Waals surface area contributed by atoms with Crippen LogP contribution in [0.5, 0.6) is 5.75 Å². The fourth-order valence-corrected chi connectivity index (χ4v) is 4.92. The van der Waals surface area contributed by atoms with Crippen LogP contribution in [0.25, 0.3) is 0 Å². The molecule has 9 nitrogen and oxygen atoms in total. The van der Waals surface area contributed by atoms with Gasteiger partial charge in [-0.25, -0.2) is 9.18 Å². The summed E-state index contributed by atoms with van der Waals surface area (Å²) >= 11 is 0. The van der Waals surface area contributed by atoms with Crippen molar-refractivity contribution in [3.8, 4) is 5.75 Å². The molecule has 2 amide bonds. The largest absolute Gasteiger partial charge is 0.484 e. The maximum Gasteiger partial charge on any atom is 0.410 e. The van der Waals surface area contributed by atoms with Crippen molar-refractivity contribution in [3.05, 3.63) is 41.9 Å². The van der Waals surface area contributed by atoms with Crippen molar-refractivity contribution in [1.82, 2.24) is 20.4 Å². The summed E-state index contributed by atoms with van der Waals surface area (Å²) in [5.41, 5.74) is -0.0420. The second kappa shape index (κ2) is 11.5. The monoisotopic (exact) mass is 518 g/mol. The van der Waals surface area contributed by atoms with E-state index < -0.39 is 0 Å². The lowest BCUT2D eigenvalue weighted by Crippen LogP contribution is -2.77. The molecule has 4 aliphatic rings. The average molecular weight is 519 g/mol. The van der Waals surface area contributed by atoms with Gasteiger partial charge < -0.3 is 24.1 Å². The van der Waals surface area contributed by atoms with Crippen molar-refractivity contribution in [2.24, 2.45) is 0 Å². The van der Waals surface area contributed by atoms with Gasteiger partial charge in [-0.1, -0.05) is 19.9 Å². The van der Waals surface area contributed by atoms with Crippen LogP contribution in [-0.2, 0) is 14.9 Å². The van der Waals surface area contributed by atoms with Gasteiger partial charge in [0.05, 0.1) is 5.41 Å². The Kier molecular flexibility index (Phi) is 8.81. The quantitative estimate of drug-likeness (QED) is 0.598. The predicted octanol–water partition coefficient (Wildman–Crippen LogP) is 4.93. The second-order valence-electron chi connectivity index (χ2n) is 10.8. The second-order valence-corrected chi connectivity index (χ2v) is 10.8. The number of benzene rings is 1. The van der Waals surface area contributed by atoms with Crippen LogP contribution in [0.3, 0.4) is 0 Å². The standard InChI is InChI=1S/C16H16FN3O3.C9H17NO2.C2H6/c1-10-2-3-11(4-12(10)17)22-5-13(21)19-16-6-15(7-16,8-16)14-20-18-9-23-14;1-9(2,3)12-8(11)10-6-4-5-7-10;1-2/h2-4,9H,5-8H2,1H3,(H,19,21);4-7H2,1-3H3;1-2H3. The Balaban J connectivity index is 0.000000231. The van der Waals surface area contributed by atoms with Gasteiger partial charge in [-0.15, -0.1) is 10.2 Å². The third kappa shape index (κ3) is 6.99. The van der Waals surface area contributed by atoms with Gasteiger partial charge in [0.1, 0.15) is 17.2 Å². The molecule has 1 N–H and O–H groups in total. The van der Waals surface area contributed by atoms with Crippen LogP contribution in [0, 0.1) is 12.7 Å². The summed E-state index contributed by atoms with van der Waals surface area (Å²) in [6.45, 7) is 12.9. The number of nitrogens with zero attached hydrogens (tertiary/aromatic N) is 3. The number of hydrogen-bond acceptors (Lipinski definition) is 7. The number of halogens is 1. The highest BCUT2D eigenvalue weighted by atomic mass is 19.1. The molecule has 3 saturated carbocycles. The van der Waals surface area contributed by atoms with Crippen molar-refractivity contribution in [3.63, 3.8) is 0 Å². The zero-order chi connectivity index (χ0) is 27.3. The fourth-order valence-electron chi connectivity index (χ4n) is 4.92. The Morgan fingerprint density at radius 3 is 2.35 bits per heavy atom. The third-order valence-corrected chi connectivity index (χ3v) is 6.52. The number of nitrogens with one attached hydrogen (secondary N) is 1. The molecule has 2 aromatic rings. The molecule has 4 fully saturated rings. The lowest BCUT2D eigenvalue weighted by atomic mass is 9.39. The molecule has 6 rings (SSSR count). The van der Waals surface area contributed by atoms with Crippen LogP contribution in [0.15, 0.2) is 29.0 Å². The first kappa shape index (κ1) is 28.4.